The minimum absolute atomic E-state index is 0.0610. The number of carboxylic acid groups (broad SMARTS) is 1. The van der Waals surface area contributed by atoms with Gasteiger partial charge in [-0.15, -0.1) is 0 Å². The van der Waals surface area contributed by atoms with E-state index in [1.54, 1.807) is 4.90 Å². The Bertz CT molecular complexity index is 1180. The molecule has 2 heterocycles. The van der Waals surface area contributed by atoms with Crippen molar-refractivity contribution >= 4 is 11.9 Å². The van der Waals surface area contributed by atoms with E-state index in [4.69, 9.17) is 5.11 Å². The average molecular weight is 517 g/mol. The molecule has 1 aromatic carbocycles. The summed E-state index contributed by atoms with van der Waals surface area (Å²) in [6.07, 6.45) is -5.86. The normalized spacial score (nSPS) is 15.4. The first-order chi connectivity index (χ1) is 16.9. The maximum atomic E-state index is 14.8. The number of amides is 1. The van der Waals surface area contributed by atoms with Crippen molar-refractivity contribution in [1.82, 2.24) is 14.8 Å². The van der Waals surface area contributed by atoms with E-state index < -0.39 is 65.8 Å². The van der Waals surface area contributed by atoms with Crippen molar-refractivity contribution in [2.24, 2.45) is 0 Å². The number of pyridine rings is 1. The van der Waals surface area contributed by atoms with E-state index in [0.717, 1.165) is 18.3 Å². The molecule has 0 spiro atoms. The third-order valence-electron chi connectivity index (χ3n) is 5.78. The number of carbonyl (C=O) groups excluding carboxylic acids is 1. The number of nitrogens with zero attached hydrogens (tertiary/aromatic N) is 2. The maximum absolute atomic E-state index is 14.8. The lowest BCUT2D eigenvalue weighted by Gasteiger charge is -2.34. The van der Waals surface area contributed by atoms with Crippen LogP contribution >= 0.6 is 0 Å². The number of nitrogens with one attached hydrogen (secondary N) is 1. The zero-order valence-corrected chi connectivity index (χ0v) is 18.9. The first-order valence-electron chi connectivity index (χ1n) is 11.0. The van der Waals surface area contributed by atoms with Gasteiger partial charge in [0.2, 0.25) is 5.91 Å². The summed E-state index contributed by atoms with van der Waals surface area (Å²) in [6.45, 7) is -0.734. The van der Waals surface area contributed by atoms with Gasteiger partial charge >= 0.3 is 12.1 Å². The van der Waals surface area contributed by atoms with Gasteiger partial charge in [-0.05, 0) is 29.7 Å². The van der Waals surface area contributed by atoms with Gasteiger partial charge in [0.25, 0.3) is 5.56 Å². The number of benzene rings is 1. The van der Waals surface area contributed by atoms with Crippen LogP contribution in [-0.4, -0.2) is 63.9 Å². The number of carbonyl (C=O) groups is 2. The van der Waals surface area contributed by atoms with Crippen LogP contribution in [0, 0.1) is 5.82 Å². The number of aromatic nitrogens is 1. The average Bonchev–Trinajstić information content (AvgIpc) is 2.77. The molecule has 0 bridgehead atoms. The Labute approximate surface area is 202 Å². The van der Waals surface area contributed by atoms with Crippen LogP contribution in [0.3, 0.4) is 0 Å². The SMILES string of the molecule is O=C(O)CCNC(=O)C(c1cc(CO)ccc1F)n1cc(CCN2CC(F)C2)c(C(F)(F)F)cc1=O. The number of carboxylic acids is 1. The summed E-state index contributed by atoms with van der Waals surface area (Å²) in [5.74, 6) is -3.23. The maximum Gasteiger partial charge on any atom is 0.416 e. The van der Waals surface area contributed by atoms with Crippen LogP contribution < -0.4 is 10.9 Å². The van der Waals surface area contributed by atoms with Gasteiger partial charge in [0.1, 0.15) is 18.0 Å². The molecular weight excluding hydrogens is 493 g/mol. The van der Waals surface area contributed by atoms with Crippen molar-refractivity contribution in [1.29, 1.82) is 0 Å². The zero-order valence-electron chi connectivity index (χ0n) is 18.9. The fourth-order valence-corrected chi connectivity index (χ4v) is 3.93. The van der Waals surface area contributed by atoms with Crippen molar-refractivity contribution in [3.8, 4) is 0 Å². The topological polar surface area (TPSA) is 112 Å². The molecule has 1 atom stereocenters. The third kappa shape index (κ3) is 6.46. The van der Waals surface area contributed by atoms with Crippen LogP contribution in [-0.2, 0) is 28.8 Å². The molecule has 196 valence electrons. The largest absolute Gasteiger partial charge is 0.481 e. The summed E-state index contributed by atoms with van der Waals surface area (Å²) in [7, 11) is 0. The molecule has 3 N–H and O–H groups in total. The lowest BCUT2D eigenvalue weighted by atomic mass is 10.00. The quantitative estimate of drug-likeness (QED) is 0.415. The van der Waals surface area contributed by atoms with Crippen LogP contribution in [0.5, 0.6) is 0 Å². The molecule has 3 rings (SSSR count). The number of aliphatic hydroxyl groups is 1. The second-order valence-corrected chi connectivity index (χ2v) is 8.41. The molecule has 0 radical (unpaired) electrons. The highest BCUT2D eigenvalue weighted by molar-refractivity contribution is 5.84. The fraction of sp³-hybridized carbons (Fsp3) is 0.435. The molecule has 1 saturated heterocycles. The van der Waals surface area contributed by atoms with Gasteiger partial charge in [-0.1, -0.05) is 6.07 Å². The summed E-state index contributed by atoms with van der Waals surface area (Å²) in [5, 5.41) is 20.5. The molecule has 1 aliphatic heterocycles. The summed E-state index contributed by atoms with van der Waals surface area (Å²) >= 11 is 0. The van der Waals surface area contributed by atoms with Crippen molar-refractivity contribution in [2.45, 2.75) is 37.8 Å². The van der Waals surface area contributed by atoms with Crippen LogP contribution in [0.2, 0.25) is 0 Å². The zero-order chi connectivity index (χ0) is 26.6. The first-order valence-corrected chi connectivity index (χ1v) is 11.0. The Morgan fingerprint density at radius 2 is 1.89 bits per heavy atom. The predicted molar refractivity (Wildman–Crippen MR) is 116 cm³/mol. The highest BCUT2D eigenvalue weighted by Crippen LogP contribution is 2.33. The Kier molecular flexibility index (Phi) is 8.46. The number of likely N-dealkylation sites (tertiary alicyclic amines) is 1. The molecule has 13 heteroatoms. The molecule has 1 unspecified atom stereocenters. The van der Waals surface area contributed by atoms with Crippen LogP contribution in [0.1, 0.15) is 34.7 Å². The number of aliphatic hydroxyl groups excluding tert-OH is 1. The number of aliphatic carboxylic acids is 1. The monoisotopic (exact) mass is 517 g/mol. The van der Waals surface area contributed by atoms with Gasteiger partial charge in [-0.3, -0.25) is 23.9 Å². The lowest BCUT2D eigenvalue weighted by Crippen LogP contribution is -2.49. The number of alkyl halides is 4. The van der Waals surface area contributed by atoms with Gasteiger partial charge in [-0.25, -0.2) is 8.78 Å². The highest BCUT2D eigenvalue weighted by Gasteiger charge is 2.36. The fourth-order valence-electron chi connectivity index (χ4n) is 3.93. The highest BCUT2D eigenvalue weighted by atomic mass is 19.4. The van der Waals surface area contributed by atoms with Gasteiger partial charge < -0.3 is 15.5 Å². The molecule has 0 saturated carbocycles. The molecule has 0 aliphatic carbocycles. The van der Waals surface area contributed by atoms with Gasteiger partial charge in [-0.2, -0.15) is 13.2 Å². The molecule has 8 nitrogen and oxygen atoms in total. The van der Waals surface area contributed by atoms with Crippen LogP contribution in [0.25, 0.3) is 0 Å². The standard InChI is InChI=1S/C23H24F5N3O5/c24-15-10-30(11-15)6-4-14-9-31(19(33)8-17(14)23(26,27)28)21(22(36)29-5-3-20(34)35)16-7-13(12-32)1-2-18(16)25/h1-2,7-9,15,21,32H,3-6,10-12H2,(H,29,36)(H,34,35). The van der Waals surface area contributed by atoms with E-state index in [1.165, 1.54) is 6.07 Å². The van der Waals surface area contributed by atoms with E-state index in [-0.39, 0.29) is 43.7 Å². The molecule has 1 aliphatic rings. The summed E-state index contributed by atoms with van der Waals surface area (Å²) in [6, 6.07) is 1.78. The number of hydrogen-bond acceptors (Lipinski definition) is 5. The Hall–Kier alpha value is -3.32. The smallest absolute Gasteiger partial charge is 0.416 e. The van der Waals surface area contributed by atoms with Crippen molar-refractivity contribution in [2.75, 3.05) is 26.2 Å². The molecule has 1 fully saturated rings. The lowest BCUT2D eigenvalue weighted by molar-refractivity contribution is -0.138. The minimum Gasteiger partial charge on any atom is -0.481 e. The number of rotatable bonds is 10. The minimum atomic E-state index is -4.90. The summed E-state index contributed by atoms with van der Waals surface area (Å²) < 4.78 is 69.6. The Morgan fingerprint density at radius 3 is 2.47 bits per heavy atom. The number of hydrogen-bond donors (Lipinski definition) is 3. The van der Waals surface area contributed by atoms with Gasteiger partial charge in [0, 0.05) is 44.0 Å². The molecule has 1 aromatic heterocycles. The van der Waals surface area contributed by atoms with Crippen molar-refractivity contribution < 1.29 is 41.8 Å². The Balaban J connectivity index is 2.09. The van der Waals surface area contributed by atoms with Crippen LogP contribution in [0.4, 0.5) is 22.0 Å². The molecule has 36 heavy (non-hydrogen) atoms. The van der Waals surface area contributed by atoms with E-state index in [2.05, 4.69) is 5.32 Å². The molecular formula is C23H24F5N3O5. The second-order valence-electron chi connectivity index (χ2n) is 8.41. The third-order valence-corrected chi connectivity index (χ3v) is 5.78. The summed E-state index contributed by atoms with van der Waals surface area (Å²) in [5.41, 5.74) is -3.05. The Morgan fingerprint density at radius 1 is 1.19 bits per heavy atom. The number of halogens is 5. The predicted octanol–water partition coefficient (Wildman–Crippen LogP) is 1.87. The van der Waals surface area contributed by atoms with E-state index in [1.807, 2.05) is 0 Å². The summed E-state index contributed by atoms with van der Waals surface area (Å²) in [4.78, 5) is 38.2. The first kappa shape index (κ1) is 27.3. The van der Waals surface area contributed by atoms with E-state index in [9.17, 15) is 41.4 Å². The van der Waals surface area contributed by atoms with Crippen molar-refractivity contribution in [3.63, 3.8) is 0 Å². The molecule has 1 amide bonds. The van der Waals surface area contributed by atoms with Gasteiger partial charge in [0.05, 0.1) is 18.6 Å². The van der Waals surface area contributed by atoms with E-state index >= 15 is 0 Å². The van der Waals surface area contributed by atoms with E-state index in [0.29, 0.717) is 10.6 Å². The van der Waals surface area contributed by atoms with Crippen LogP contribution in [0.15, 0.2) is 35.3 Å². The van der Waals surface area contributed by atoms with Gasteiger partial charge in [0.15, 0.2) is 0 Å². The molecule has 2 aromatic rings. The second kappa shape index (κ2) is 11.2. The van der Waals surface area contributed by atoms with Crippen molar-refractivity contribution in [3.05, 3.63) is 68.9 Å².